The molecule has 0 aliphatic heterocycles. The smallest absolute Gasteiger partial charge is 0.269 e. The first-order valence-corrected chi connectivity index (χ1v) is 6.33. The van der Waals surface area contributed by atoms with Gasteiger partial charge in [0.25, 0.3) is 21.6 Å². The second kappa shape index (κ2) is 4.42. The Balaban J connectivity index is 3.73. The van der Waals surface area contributed by atoms with Crippen LogP contribution in [0.4, 0.5) is 0 Å². The Morgan fingerprint density at radius 3 is 2.33 bits per heavy atom. The van der Waals surface area contributed by atoms with E-state index in [4.69, 9.17) is 10.3 Å². The van der Waals surface area contributed by atoms with Crippen molar-refractivity contribution in [3.63, 3.8) is 0 Å². The standard InChI is InChI=1S/C9H12N2O6S/c1-4-5(3-18(15,16)17)8(13)11(2)9(14)6(4)7(10)12/h13H,3H2,1-2H3,(H2,10,12)(H,15,16,17). The molecule has 9 heteroatoms. The number of rotatable bonds is 3. The van der Waals surface area contributed by atoms with E-state index < -0.39 is 38.8 Å². The van der Waals surface area contributed by atoms with Gasteiger partial charge in [-0.2, -0.15) is 8.42 Å². The number of nitrogens with two attached hydrogens (primary N) is 1. The molecule has 1 amide bonds. The fourth-order valence-corrected chi connectivity index (χ4v) is 2.30. The van der Waals surface area contributed by atoms with Crippen LogP contribution in [0, 0.1) is 6.92 Å². The first kappa shape index (κ1) is 14.2. The lowest BCUT2D eigenvalue weighted by molar-refractivity contribution is 0.0997. The number of amides is 1. The third kappa shape index (κ3) is 2.51. The van der Waals surface area contributed by atoms with Crippen molar-refractivity contribution in [3.05, 3.63) is 27.0 Å². The minimum Gasteiger partial charge on any atom is -0.494 e. The predicted octanol–water partition coefficient (Wildman–Crippen LogP) is -1.11. The molecule has 0 radical (unpaired) electrons. The minimum atomic E-state index is -4.42. The zero-order valence-corrected chi connectivity index (χ0v) is 10.5. The Labute approximate surface area is 102 Å². The number of aromatic nitrogens is 1. The molecule has 18 heavy (non-hydrogen) atoms. The molecule has 0 spiro atoms. The lowest BCUT2D eigenvalue weighted by Crippen LogP contribution is -2.31. The lowest BCUT2D eigenvalue weighted by atomic mass is 10.1. The van der Waals surface area contributed by atoms with Crippen LogP contribution < -0.4 is 11.3 Å². The highest BCUT2D eigenvalue weighted by Gasteiger charge is 2.23. The quantitative estimate of drug-likeness (QED) is 0.598. The Morgan fingerprint density at radius 1 is 1.44 bits per heavy atom. The molecule has 4 N–H and O–H groups in total. The summed E-state index contributed by atoms with van der Waals surface area (Å²) in [6, 6.07) is 0. The van der Waals surface area contributed by atoms with E-state index in [0.717, 1.165) is 7.05 Å². The summed E-state index contributed by atoms with van der Waals surface area (Å²) in [5.41, 5.74) is 3.45. The van der Waals surface area contributed by atoms with Gasteiger partial charge in [-0.1, -0.05) is 0 Å². The number of carbonyl (C=O) groups is 1. The first-order chi connectivity index (χ1) is 8.06. The highest BCUT2D eigenvalue weighted by atomic mass is 32.2. The summed E-state index contributed by atoms with van der Waals surface area (Å²) in [7, 11) is -3.27. The van der Waals surface area contributed by atoms with Gasteiger partial charge in [0.2, 0.25) is 0 Å². The van der Waals surface area contributed by atoms with Crippen molar-refractivity contribution in [2.24, 2.45) is 12.8 Å². The van der Waals surface area contributed by atoms with Crippen LogP contribution in [0.3, 0.4) is 0 Å². The van der Waals surface area contributed by atoms with Gasteiger partial charge in [-0.15, -0.1) is 0 Å². The average Bonchev–Trinajstić information content (AvgIpc) is 2.20. The second-order valence-corrected chi connectivity index (χ2v) is 5.21. The largest absolute Gasteiger partial charge is 0.494 e. The molecule has 1 heterocycles. The number of hydrogen-bond donors (Lipinski definition) is 3. The highest BCUT2D eigenvalue weighted by Crippen LogP contribution is 2.22. The molecule has 8 nitrogen and oxygen atoms in total. The topological polar surface area (TPSA) is 140 Å². The summed E-state index contributed by atoms with van der Waals surface area (Å²) in [6.07, 6.45) is 0. The molecule has 1 aromatic heterocycles. The number of pyridine rings is 1. The van der Waals surface area contributed by atoms with E-state index in [1.54, 1.807) is 0 Å². The van der Waals surface area contributed by atoms with Crippen LogP contribution in [0.15, 0.2) is 4.79 Å². The van der Waals surface area contributed by atoms with E-state index in [1.807, 2.05) is 0 Å². The monoisotopic (exact) mass is 276 g/mol. The average molecular weight is 276 g/mol. The number of carbonyl (C=O) groups excluding carboxylic acids is 1. The summed E-state index contributed by atoms with van der Waals surface area (Å²) in [4.78, 5) is 22.8. The van der Waals surface area contributed by atoms with Crippen LogP contribution in [-0.4, -0.2) is 28.6 Å². The predicted molar refractivity (Wildman–Crippen MR) is 61.9 cm³/mol. The Hall–Kier alpha value is -1.87. The second-order valence-electron chi connectivity index (χ2n) is 3.76. The van der Waals surface area contributed by atoms with Gasteiger partial charge >= 0.3 is 0 Å². The first-order valence-electron chi connectivity index (χ1n) is 4.72. The van der Waals surface area contributed by atoms with Gasteiger partial charge in [-0.3, -0.25) is 18.7 Å². The molecule has 0 unspecified atom stereocenters. The van der Waals surface area contributed by atoms with Gasteiger partial charge in [-0.25, -0.2) is 0 Å². The summed E-state index contributed by atoms with van der Waals surface area (Å²) in [5, 5.41) is 9.66. The number of aromatic hydroxyl groups is 1. The summed E-state index contributed by atoms with van der Waals surface area (Å²) < 4.78 is 31.1. The van der Waals surface area contributed by atoms with Crippen molar-refractivity contribution in [3.8, 4) is 5.88 Å². The summed E-state index contributed by atoms with van der Waals surface area (Å²) >= 11 is 0. The van der Waals surface area contributed by atoms with Crippen LogP contribution in [0.1, 0.15) is 21.5 Å². The van der Waals surface area contributed by atoms with Gasteiger partial charge < -0.3 is 10.8 Å². The maximum Gasteiger partial charge on any atom is 0.269 e. The van der Waals surface area contributed by atoms with Crippen LogP contribution in [0.25, 0.3) is 0 Å². The molecule has 1 rings (SSSR count). The maximum atomic E-state index is 11.7. The highest BCUT2D eigenvalue weighted by molar-refractivity contribution is 7.85. The van der Waals surface area contributed by atoms with Crippen LogP contribution in [-0.2, 0) is 22.9 Å². The molecule has 1 aromatic rings. The third-order valence-corrected chi connectivity index (χ3v) is 3.16. The van der Waals surface area contributed by atoms with E-state index in [2.05, 4.69) is 0 Å². The molecular formula is C9H12N2O6S. The molecular weight excluding hydrogens is 264 g/mol. The van der Waals surface area contributed by atoms with Gasteiger partial charge in [0, 0.05) is 12.6 Å². The lowest BCUT2D eigenvalue weighted by Gasteiger charge is -2.13. The van der Waals surface area contributed by atoms with Gasteiger partial charge in [0.1, 0.15) is 11.3 Å². The Bertz CT molecular complexity index is 673. The van der Waals surface area contributed by atoms with Crippen molar-refractivity contribution in [2.75, 3.05) is 0 Å². The fourth-order valence-electron chi connectivity index (χ4n) is 1.59. The van der Waals surface area contributed by atoms with Crippen molar-refractivity contribution in [1.82, 2.24) is 4.57 Å². The summed E-state index contributed by atoms with van der Waals surface area (Å²) in [6.45, 7) is 1.27. The van der Waals surface area contributed by atoms with E-state index in [1.165, 1.54) is 6.92 Å². The van der Waals surface area contributed by atoms with E-state index in [9.17, 15) is 23.1 Å². The zero-order chi connectivity index (χ0) is 14.2. The molecule has 0 atom stereocenters. The SMILES string of the molecule is Cc1c(CS(=O)(=O)O)c(O)n(C)c(=O)c1C(N)=O. The van der Waals surface area contributed by atoms with Crippen LogP contribution in [0.5, 0.6) is 5.88 Å². The number of nitrogens with zero attached hydrogens (tertiary/aromatic N) is 1. The Kier molecular flexibility index (Phi) is 3.49. The van der Waals surface area contributed by atoms with Crippen molar-refractivity contribution >= 4 is 16.0 Å². The van der Waals surface area contributed by atoms with Crippen molar-refractivity contribution in [1.29, 1.82) is 0 Å². The molecule has 0 saturated carbocycles. The van der Waals surface area contributed by atoms with Gasteiger partial charge in [0.15, 0.2) is 5.88 Å². The molecule has 0 saturated heterocycles. The van der Waals surface area contributed by atoms with Crippen molar-refractivity contribution in [2.45, 2.75) is 12.7 Å². The third-order valence-electron chi connectivity index (χ3n) is 2.51. The molecule has 0 bridgehead atoms. The Morgan fingerprint density at radius 2 is 1.94 bits per heavy atom. The van der Waals surface area contributed by atoms with E-state index in [-0.39, 0.29) is 11.1 Å². The fraction of sp³-hybridized carbons (Fsp3) is 0.333. The van der Waals surface area contributed by atoms with Crippen molar-refractivity contribution < 1.29 is 22.9 Å². The van der Waals surface area contributed by atoms with E-state index in [0.29, 0.717) is 4.57 Å². The molecule has 0 aliphatic rings. The number of hydrogen-bond acceptors (Lipinski definition) is 5. The normalized spacial score (nSPS) is 11.5. The van der Waals surface area contributed by atoms with Gasteiger partial charge in [0.05, 0.1) is 0 Å². The van der Waals surface area contributed by atoms with Crippen LogP contribution in [0.2, 0.25) is 0 Å². The molecule has 0 aliphatic carbocycles. The maximum absolute atomic E-state index is 11.7. The van der Waals surface area contributed by atoms with E-state index >= 15 is 0 Å². The zero-order valence-electron chi connectivity index (χ0n) is 9.67. The molecule has 0 fully saturated rings. The molecule has 100 valence electrons. The number of primary amides is 1. The summed E-state index contributed by atoms with van der Waals surface area (Å²) in [5.74, 6) is -2.59. The van der Waals surface area contributed by atoms with Crippen LogP contribution >= 0.6 is 0 Å². The minimum absolute atomic E-state index is 0.0688. The van der Waals surface area contributed by atoms with Gasteiger partial charge in [-0.05, 0) is 12.5 Å². The molecule has 0 aromatic carbocycles.